The lowest BCUT2D eigenvalue weighted by atomic mass is 9.92. The van der Waals surface area contributed by atoms with Crippen LogP contribution in [-0.4, -0.2) is 43.6 Å². The van der Waals surface area contributed by atoms with Crippen molar-refractivity contribution in [1.82, 2.24) is 24.6 Å². The van der Waals surface area contributed by atoms with Crippen molar-refractivity contribution in [2.45, 2.75) is 25.2 Å². The van der Waals surface area contributed by atoms with Crippen molar-refractivity contribution in [3.05, 3.63) is 53.7 Å². The molecule has 1 fully saturated rings. The normalized spacial score (nSPS) is 15.5. The summed E-state index contributed by atoms with van der Waals surface area (Å²) >= 11 is 0. The summed E-state index contributed by atoms with van der Waals surface area (Å²) in [5, 5.41) is 4.61. The van der Waals surface area contributed by atoms with Gasteiger partial charge in [0, 0.05) is 38.4 Å². The minimum Gasteiger partial charge on any atom is -0.342 e. The Balaban J connectivity index is 1.42. The smallest absolute Gasteiger partial charge is 0.226 e. The van der Waals surface area contributed by atoms with Gasteiger partial charge in [-0.25, -0.2) is 19.0 Å². The third kappa shape index (κ3) is 3.16. The number of amides is 1. The second kappa shape index (κ2) is 6.82. The van der Waals surface area contributed by atoms with E-state index in [0.717, 1.165) is 35.3 Å². The van der Waals surface area contributed by atoms with E-state index in [2.05, 4.69) is 15.1 Å². The van der Waals surface area contributed by atoms with Gasteiger partial charge < -0.3 is 4.90 Å². The number of carbonyl (C=O) groups is 1. The van der Waals surface area contributed by atoms with Gasteiger partial charge in [-0.05, 0) is 30.5 Å². The zero-order valence-corrected chi connectivity index (χ0v) is 14.6. The highest BCUT2D eigenvalue weighted by Gasteiger charge is 2.27. The van der Waals surface area contributed by atoms with Crippen LogP contribution >= 0.6 is 0 Å². The summed E-state index contributed by atoms with van der Waals surface area (Å²) in [6.45, 7) is 1.39. The highest BCUT2D eigenvalue weighted by molar-refractivity contribution is 5.79. The van der Waals surface area contributed by atoms with Crippen LogP contribution < -0.4 is 0 Å². The van der Waals surface area contributed by atoms with E-state index in [9.17, 15) is 9.18 Å². The van der Waals surface area contributed by atoms with Crippen LogP contribution in [0.2, 0.25) is 0 Å². The lowest BCUT2D eigenvalue weighted by Gasteiger charge is -2.31. The van der Waals surface area contributed by atoms with Gasteiger partial charge in [0.2, 0.25) is 5.91 Å². The Morgan fingerprint density at radius 3 is 2.58 bits per heavy atom. The van der Waals surface area contributed by atoms with Gasteiger partial charge in [0.15, 0.2) is 5.65 Å². The van der Waals surface area contributed by atoms with Crippen LogP contribution in [-0.2, 0) is 18.3 Å². The van der Waals surface area contributed by atoms with E-state index >= 15 is 0 Å². The lowest BCUT2D eigenvalue weighted by Crippen LogP contribution is -2.38. The summed E-state index contributed by atoms with van der Waals surface area (Å²) in [6.07, 6.45) is 5.39. The number of aryl methyl sites for hydroxylation is 1. The van der Waals surface area contributed by atoms with Crippen LogP contribution in [0, 0.1) is 5.82 Å². The molecule has 0 atom stereocenters. The molecule has 1 aliphatic rings. The summed E-state index contributed by atoms with van der Waals surface area (Å²) in [5.74, 6) is 0.0821. The van der Waals surface area contributed by atoms with Crippen molar-refractivity contribution < 1.29 is 9.18 Å². The van der Waals surface area contributed by atoms with E-state index in [1.165, 1.54) is 12.1 Å². The van der Waals surface area contributed by atoms with Crippen LogP contribution in [0.4, 0.5) is 4.39 Å². The molecule has 1 aromatic carbocycles. The zero-order chi connectivity index (χ0) is 18.1. The maximum atomic E-state index is 13.0. The molecule has 26 heavy (non-hydrogen) atoms. The molecule has 3 heterocycles. The maximum absolute atomic E-state index is 13.0. The Labute approximate surface area is 150 Å². The highest BCUT2D eigenvalue weighted by atomic mass is 19.1. The molecule has 7 heteroatoms. The molecular formula is C19H20FN5O. The first-order chi connectivity index (χ1) is 12.6. The summed E-state index contributed by atoms with van der Waals surface area (Å²) < 4.78 is 14.8. The molecule has 0 aliphatic carbocycles. The summed E-state index contributed by atoms with van der Waals surface area (Å²) in [7, 11) is 1.88. The molecule has 6 nitrogen and oxygen atoms in total. The van der Waals surface area contributed by atoms with Crippen LogP contribution in [0.15, 0.2) is 36.7 Å². The van der Waals surface area contributed by atoms with Crippen molar-refractivity contribution >= 4 is 17.1 Å². The van der Waals surface area contributed by atoms with Gasteiger partial charge in [0.05, 0.1) is 12.1 Å². The molecular weight excluding hydrogens is 333 g/mol. The van der Waals surface area contributed by atoms with Gasteiger partial charge in [-0.3, -0.25) is 4.79 Å². The molecule has 0 unspecified atom stereocenters. The number of hydrogen-bond acceptors (Lipinski definition) is 4. The molecule has 1 aliphatic heterocycles. The van der Waals surface area contributed by atoms with Crippen molar-refractivity contribution in [2.75, 3.05) is 13.1 Å². The van der Waals surface area contributed by atoms with E-state index in [4.69, 9.17) is 0 Å². The predicted octanol–water partition coefficient (Wildman–Crippen LogP) is 2.45. The molecule has 0 bridgehead atoms. The van der Waals surface area contributed by atoms with Crippen molar-refractivity contribution in [2.24, 2.45) is 7.05 Å². The van der Waals surface area contributed by atoms with Crippen LogP contribution in [0.25, 0.3) is 11.2 Å². The fourth-order valence-corrected chi connectivity index (χ4v) is 3.57. The topological polar surface area (TPSA) is 63.9 Å². The number of carbonyl (C=O) groups excluding carboxylic acids is 1. The fourth-order valence-electron chi connectivity index (χ4n) is 3.57. The third-order valence-electron chi connectivity index (χ3n) is 4.99. The highest BCUT2D eigenvalue weighted by Crippen LogP contribution is 2.30. The van der Waals surface area contributed by atoms with E-state index in [0.29, 0.717) is 19.5 Å². The van der Waals surface area contributed by atoms with Crippen molar-refractivity contribution in [3.63, 3.8) is 0 Å². The number of aromatic nitrogens is 4. The van der Waals surface area contributed by atoms with E-state index in [-0.39, 0.29) is 17.6 Å². The molecule has 1 amide bonds. The Kier molecular flexibility index (Phi) is 4.36. The third-order valence-corrected chi connectivity index (χ3v) is 4.99. The molecule has 2 aromatic heterocycles. The Bertz CT molecular complexity index is 929. The number of likely N-dealkylation sites (tertiary alicyclic amines) is 1. The number of hydrogen-bond donors (Lipinski definition) is 0. The van der Waals surface area contributed by atoms with Gasteiger partial charge in [-0.15, -0.1) is 0 Å². The quantitative estimate of drug-likeness (QED) is 0.726. The Hall–Kier alpha value is -2.83. The van der Waals surface area contributed by atoms with E-state index < -0.39 is 0 Å². The monoisotopic (exact) mass is 353 g/mol. The predicted molar refractivity (Wildman–Crippen MR) is 95.0 cm³/mol. The number of nitrogens with zero attached hydrogens (tertiary/aromatic N) is 5. The lowest BCUT2D eigenvalue weighted by molar-refractivity contribution is -0.131. The molecule has 1 saturated heterocycles. The van der Waals surface area contributed by atoms with Gasteiger partial charge in [0.1, 0.15) is 11.3 Å². The molecule has 0 N–H and O–H groups in total. The number of fused-ring (bicyclic) bond motifs is 1. The average Bonchev–Trinajstić information content (AvgIpc) is 3.01. The largest absolute Gasteiger partial charge is 0.342 e. The fraction of sp³-hybridized carbons (Fsp3) is 0.368. The molecule has 0 spiro atoms. The zero-order valence-electron chi connectivity index (χ0n) is 14.6. The summed E-state index contributed by atoms with van der Waals surface area (Å²) in [5.41, 5.74) is 3.45. The maximum Gasteiger partial charge on any atom is 0.226 e. The first-order valence-electron chi connectivity index (χ1n) is 8.77. The molecule has 4 rings (SSSR count). The Morgan fingerprint density at radius 1 is 1.15 bits per heavy atom. The summed E-state index contributed by atoms with van der Waals surface area (Å²) in [6, 6.07) is 6.11. The number of halogens is 1. The minimum absolute atomic E-state index is 0.0840. The van der Waals surface area contributed by atoms with E-state index in [1.54, 1.807) is 29.2 Å². The van der Waals surface area contributed by atoms with Crippen LogP contribution in [0.5, 0.6) is 0 Å². The van der Waals surface area contributed by atoms with Crippen molar-refractivity contribution in [1.29, 1.82) is 0 Å². The first kappa shape index (κ1) is 16.6. The molecule has 134 valence electrons. The van der Waals surface area contributed by atoms with Crippen molar-refractivity contribution in [3.8, 4) is 0 Å². The van der Waals surface area contributed by atoms with Gasteiger partial charge in [-0.2, -0.15) is 5.10 Å². The van der Waals surface area contributed by atoms with Crippen LogP contribution in [0.3, 0.4) is 0 Å². The molecule has 3 aromatic rings. The number of piperidine rings is 1. The average molecular weight is 353 g/mol. The van der Waals surface area contributed by atoms with Gasteiger partial charge in [0.25, 0.3) is 0 Å². The second-order valence-corrected chi connectivity index (χ2v) is 6.70. The molecule has 0 saturated carbocycles. The minimum atomic E-state index is -0.285. The van der Waals surface area contributed by atoms with Gasteiger partial charge in [-0.1, -0.05) is 12.1 Å². The summed E-state index contributed by atoms with van der Waals surface area (Å²) in [4.78, 5) is 23.2. The van der Waals surface area contributed by atoms with Crippen LogP contribution in [0.1, 0.15) is 30.0 Å². The van der Waals surface area contributed by atoms with Gasteiger partial charge >= 0.3 is 0 Å². The standard InChI is InChI=1S/C19H20FN5O/c1-24-19-18(21-8-9-22-19)17(23-24)14-6-10-25(11-7-14)16(26)12-13-2-4-15(20)5-3-13/h2-5,8-9,14H,6-7,10-12H2,1H3. The number of rotatable bonds is 3. The number of benzene rings is 1. The Morgan fingerprint density at radius 2 is 1.85 bits per heavy atom. The van der Waals surface area contributed by atoms with E-state index in [1.807, 2.05) is 11.9 Å². The second-order valence-electron chi connectivity index (χ2n) is 6.70. The molecule has 0 radical (unpaired) electrons. The SMILES string of the molecule is Cn1nc(C2CCN(C(=O)Cc3ccc(F)cc3)CC2)c2nccnc21. The first-order valence-corrected chi connectivity index (χ1v) is 8.77.